The SMILES string of the molecule is Cc1cnc(Cl)c(NC(C)c2nccnc2C)c1. The molecule has 0 aliphatic carbocycles. The van der Waals surface area contributed by atoms with Crippen molar-refractivity contribution >= 4 is 17.3 Å². The highest BCUT2D eigenvalue weighted by molar-refractivity contribution is 6.31. The number of halogens is 1. The molecular formula is C13H15ClN4. The predicted molar refractivity (Wildman–Crippen MR) is 72.8 cm³/mol. The van der Waals surface area contributed by atoms with Gasteiger partial charge in [0.15, 0.2) is 5.15 Å². The van der Waals surface area contributed by atoms with Crippen LogP contribution in [0.25, 0.3) is 0 Å². The van der Waals surface area contributed by atoms with Gasteiger partial charge in [-0.25, -0.2) is 4.98 Å². The van der Waals surface area contributed by atoms with Crippen molar-refractivity contribution in [1.29, 1.82) is 0 Å². The second kappa shape index (κ2) is 5.31. The fourth-order valence-electron chi connectivity index (χ4n) is 1.80. The summed E-state index contributed by atoms with van der Waals surface area (Å²) in [7, 11) is 0. The second-order valence-corrected chi connectivity index (χ2v) is 4.60. The Balaban J connectivity index is 2.24. The highest BCUT2D eigenvalue weighted by atomic mass is 35.5. The molecule has 0 bridgehead atoms. The maximum Gasteiger partial charge on any atom is 0.152 e. The summed E-state index contributed by atoms with van der Waals surface area (Å²) in [5.41, 5.74) is 3.70. The topological polar surface area (TPSA) is 50.7 Å². The zero-order chi connectivity index (χ0) is 13.1. The number of nitrogens with one attached hydrogen (secondary N) is 1. The van der Waals surface area contributed by atoms with Gasteiger partial charge in [-0.2, -0.15) is 0 Å². The number of anilines is 1. The van der Waals surface area contributed by atoms with Gasteiger partial charge < -0.3 is 5.32 Å². The van der Waals surface area contributed by atoms with Gasteiger partial charge in [0.1, 0.15) is 0 Å². The molecule has 0 saturated carbocycles. The minimum Gasteiger partial charge on any atom is -0.374 e. The summed E-state index contributed by atoms with van der Waals surface area (Å²) in [4.78, 5) is 12.7. The minimum absolute atomic E-state index is 0.0276. The summed E-state index contributed by atoms with van der Waals surface area (Å²) in [6.45, 7) is 5.94. The van der Waals surface area contributed by atoms with Gasteiger partial charge in [-0.15, -0.1) is 0 Å². The average Bonchev–Trinajstić information content (AvgIpc) is 2.34. The lowest BCUT2D eigenvalue weighted by Gasteiger charge is -2.16. The maximum absolute atomic E-state index is 6.06. The fraction of sp³-hybridized carbons (Fsp3) is 0.308. The van der Waals surface area contributed by atoms with E-state index < -0.39 is 0 Å². The molecule has 1 N–H and O–H groups in total. The molecule has 1 unspecified atom stereocenters. The lowest BCUT2D eigenvalue weighted by Crippen LogP contribution is -2.11. The van der Waals surface area contributed by atoms with Crippen LogP contribution in [0, 0.1) is 13.8 Å². The van der Waals surface area contributed by atoms with E-state index in [4.69, 9.17) is 11.6 Å². The van der Waals surface area contributed by atoms with Crippen LogP contribution in [0.15, 0.2) is 24.7 Å². The van der Waals surface area contributed by atoms with Crippen LogP contribution in [0.1, 0.15) is 29.9 Å². The summed E-state index contributed by atoms with van der Waals surface area (Å²) in [6.07, 6.45) is 5.12. The highest BCUT2D eigenvalue weighted by Gasteiger charge is 2.12. The Morgan fingerprint density at radius 3 is 2.61 bits per heavy atom. The molecule has 2 aromatic rings. The normalized spacial score (nSPS) is 12.2. The third kappa shape index (κ3) is 2.76. The van der Waals surface area contributed by atoms with Gasteiger partial charge in [0, 0.05) is 18.6 Å². The van der Waals surface area contributed by atoms with E-state index >= 15 is 0 Å². The molecule has 4 nitrogen and oxygen atoms in total. The number of rotatable bonds is 3. The maximum atomic E-state index is 6.06. The molecule has 0 amide bonds. The summed E-state index contributed by atoms with van der Waals surface area (Å²) in [5, 5.41) is 3.78. The first-order valence-electron chi connectivity index (χ1n) is 5.74. The standard InChI is InChI=1S/C13H15ClN4/c1-8-6-11(13(14)17-7-8)18-10(3)12-9(2)15-4-5-16-12/h4-7,10,18H,1-3H3. The Hall–Kier alpha value is -1.68. The zero-order valence-corrected chi connectivity index (χ0v) is 11.4. The van der Waals surface area contributed by atoms with Gasteiger partial charge in [-0.1, -0.05) is 11.6 Å². The Bertz CT molecular complexity index is 556. The molecule has 2 heterocycles. The molecule has 0 spiro atoms. The molecule has 0 aliphatic heterocycles. The van der Waals surface area contributed by atoms with Crippen LogP contribution < -0.4 is 5.32 Å². The molecule has 0 radical (unpaired) electrons. The first-order valence-corrected chi connectivity index (χ1v) is 6.12. The van der Waals surface area contributed by atoms with Crippen molar-refractivity contribution in [2.75, 3.05) is 5.32 Å². The predicted octanol–water partition coefficient (Wildman–Crippen LogP) is 3.31. The summed E-state index contributed by atoms with van der Waals surface area (Å²) >= 11 is 6.06. The average molecular weight is 263 g/mol. The van der Waals surface area contributed by atoms with E-state index in [-0.39, 0.29) is 6.04 Å². The van der Waals surface area contributed by atoms with Crippen LogP contribution in [-0.2, 0) is 0 Å². The number of nitrogens with zero attached hydrogens (tertiary/aromatic N) is 3. The van der Waals surface area contributed by atoms with Crippen LogP contribution in [0.4, 0.5) is 5.69 Å². The van der Waals surface area contributed by atoms with Crippen molar-refractivity contribution in [3.8, 4) is 0 Å². The molecule has 0 aliphatic rings. The molecule has 0 saturated heterocycles. The van der Waals surface area contributed by atoms with E-state index in [1.807, 2.05) is 26.8 Å². The van der Waals surface area contributed by atoms with Crippen molar-refractivity contribution in [3.05, 3.63) is 46.8 Å². The lowest BCUT2D eigenvalue weighted by atomic mass is 10.2. The highest BCUT2D eigenvalue weighted by Crippen LogP contribution is 2.25. The number of aromatic nitrogens is 3. The Morgan fingerprint density at radius 1 is 1.17 bits per heavy atom. The third-order valence-corrected chi connectivity index (χ3v) is 2.98. The summed E-state index contributed by atoms with van der Waals surface area (Å²) < 4.78 is 0. The van der Waals surface area contributed by atoms with Crippen molar-refractivity contribution in [3.63, 3.8) is 0 Å². The van der Waals surface area contributed by atoms with Gasteiger partial charge in [-0.05, 0) is 32.4 Å². The molecule has 18 heavy (non-hydrogen) atoms. The van der Waals surface area contributed by atoms with Crippen LogP contribution in [0.2, 0.25) is 5.15 Å². The van der Waals surface area contributed by atoms with Gasteiger partial charge in [0.25, 0.3) is 0 Å². The monoisotopic (exact) mass is 262 g/mol. The lowest BCUT2D eigenvalue weighted by molar-refractivity contribution is 0.809. The Labute approximate surface area is 111 Å². The van der Waals surface area contributed by atoms with E-state index in [2.05, 4.69) is 20.3 Å². The smallest absolute Gasteiger partial charge is 0.152 e. The first kappa shape index (κ1) is 12.8. The second-order valence-electron chi connectivity index (χ2n) is 4.24. The molecule has 0 fully saturated rings. The van der Waals surface area contributed by atoms with E-state index in [1.54, 1.807) is 18.6 Å². The summed E-state index contributed by atoms with van der Waals surface area (Å²) in [6, 6.07) is 2.00. The van der Waals surface area contributed by atoms with E-state index in [0.717, 1.165) is 22.6 Å². The van der Waals surface area contributed by atoms with Crippen molar-refractivity contribution < 1.29 is 0 Å². The summed E-state index contributed by atoms with van der Waals surface area (Å²) in [5.74, 6) is 0. The van der Waals surface area contributed by atoms with Crippen molar-refractivity contribution in [2.45, 2.75) is 26.8 Å². The molecule has 0 aromatic carbocycles. The molecule has 5 heteroatoms. The number of pyridine rings is 1. The van der Waals surface area contributed by atoms with E-state index in [1.165, 1.54) is 0 Å². The van der Waals surface area contributed by atoms with Gasteiger partial charge in [0.05, 0.1) is 23.1 Å². The molecule has 2 rings (SSSR count). The van der Waals surface area contributed by atoms with Gasteiger partial charge in [-0.3, -0.25) is 9.97 Å². The van der Waals surface area contributed by atoms with Gasteiger partial charge >= 0.3 is 0 Å². The van der Waals surface area contributed by atoms with Crippen LogP contribution >= 0.6 is 11.6 Å². The molecular weight excluding hydrogens is 248 g/mol. The fourth-order valence-corrected chi connectivity index (χ4v) is 1.96. The Kier molecular flexibility index (Phi) is 3.77. The number of aryl methyl sites for hydroxylation is 2. The minimum atomic E-state index is 0.0276. The van der Waals surface area contributed by atoms with E-state index in [0.29, 0.717) is 5.15 Å². The number of hydrogen-bond donors (Lipinski definition) is 1. The first-order chi connectivity index (χ1) is 8.58. The largest absolute Gasteiger partial charge is 0.374 e. The van der Waals surface area contributed by atoms with Crippen LogP contribution in [0.3, 0.4) is 0 Å². The van der Waals surface area contributed by atoms with Crippen molar-refractivity contribution in [2.24, 2.45) is 0 Å². The van der Waals surface area contributed by atoms with E-state index in [9.17, 15) is 0 Å². The van der Waals surface area contributed by atoms with Crippen LogP contribution in [0.5, 0.6) is 0 Å². The quantitative estimate of drug-likeness (QED) is 0.862. The zero-order valence-electron chi connectivity index (χ0n) is 10.6. The third-order valence-electron chi connectivity index (χ3n) is 2.68. The van der Waals surface area contributed by atoms with Crippen LogP contribution in [-0.4, -0.2) is 15.0 Å². The Morgan fingerprint density at radius 2 is 1.89 bits per heavy atom. The molecule has 1 atom stereocenters. The number of hydrogen-bond acceptors (Lipinski definition) is 4. The van der Waals surface area contributed by atoms with Crippen molar-refractivity contribution in [1.82, 2.24) is 15.0 Å². The molecule has 2 aromatic heterocycles. The van der Waals surface area contributed by atoms with Gasteiger partial charge in [0.2, 0.25) is 0 Å². The molecule has 94 valence electrons.